The smallest absolute Gasteiger partial charge is 0.337 e. The van der Waals surface area contributed by atoms with Crippen molar-refractivity contribution in [1.29, 1.82) is 0 Å². The number of fused-ring (bicyclic) bond motifs is 1. The van der Waals surface area contributed by atoms with Gasteiger partial charge in [0.1, 0.15) is 0 Å². The quantitative estimate of drug-likeness (QED) is 0.322. The van der Waals surface area contributed by atoms with Crippen LogP contribution in [-0.4, -0.2) is 75.6 Å². The molecule has 1 heterocycles. The summed E-state index contributed by atoms with van der Waals surface area (Å²) in [5.41, 5.74) is 3.44. The molecule has 0 saturated heterocycles. The van der Waals surface area contributed by atoms with Crippen LogP contribution in [0.25, 0.3) is 10.9 Å². The van der Waals surface area contributed by atoms with Crippen molar-refractivity contribution >= 4 is 44.0 Å². The molecule has 0 aliphatic carbocycles. The van der Waals surface area contributed by atoms with E-state index in [0.717, 1.165) is 11.8 Å². The number of nitrogens with zero attached hydrogens (tertiary/aromatic N) is 3. The van der Waals surface area contributed by atoms with Crippen molar-refractivity contribution in [3.63, 3.8) is 0 Å². The minimum Gasteiger partial charge on any atom is -0.494 e. The summed E-state index contributed by atoms with van der Waals surface area (Å²) in [6, 6.07) is 12.0. The molecule has 35 heavy (non-hydrogen) atoms. The zero-order valence-corrected chi connectivity index (χ0v) is 21.5. The fourth-order valence-corrected chi connectivity index (χ4v) is 4.74. The average Bonchev–Trinajstić information content (AvgIpc) is 3.13. The highest BCUT2D eigenvalue weighted by Gasteiger charge is 2.19. The molecule has 0 spiro atoms. The highest BCUT2D eigenvalue weighted by Crippen LogP contribution is 2.32. The zero-order valence-electron chi connectivity index (χ0n) is 20.7. The summed E-state index contributed by atoms with van der Waals surface area (Å²) in [5.74, 6) is -0.489. The topological polar surface area (TPSA) is 115 Å². The van der Waals surface area contributed by atoms with E-state index >= 15 is 0 Å². The number of H-pyrrole nitrogens is 1. The largest absolute Gasteiger partial charge is 0.494 e. The molecule has 0 unspecified atom stereocenters. The number of likely N-dealkylation sites (N-methyl/N-ethyl adjacent to an activating group) is 1. The molecule has 0 radical (unpaired) electrons. The first-order valence-electron chi connectivity index (χ1n) is 11.3. The number of sulfonamides is 1. The minimum atomic E-state index is -3.43. The maximum absolute atomic E-state index is 12.3. The van der Waals surface area contributed by atoms with Crippen molar-refractivity contribution in [2.75, 3.05) is 44.9 Å². The van der Waals surface area contributed by atoms with Crippen LogP contribution in [0.4, 0.5) is 11.4 Å². The normalized spacial score (nSPS) is 12.3. The number of rotatable bonds is 10. The van der Waals surface area contributed by atoms with E-state index in [1.165, 1.54) is 17.7 Å². The summed E-state index contributed by atoms with van der Waals surface area (Å²) in [5, 5.41) is 11.4. The third kappa shape index (κ3) is 6.20. The van der Waals surface area contributed by atoms with Gasteiger partial charge in [0, 0.05) is 24.0 Å². The van der Waals surface area contributed by atoms with E-state index in [9.17, 15) is 18.3 Å². The second-order valence-corrected chi connectivity index (χ2v) is 10.5. The number of aromatic amines is 1. The summed E-state index contributed by atoms with van der Waals surface area (Å²) < 4.78 is 30.8. The van der Waals surface area contributed by atoms with E-state index in [-0.39, 0.29) is 5.88 Å². The van der Waals surface area contributed by atoms with Crippen molar-refractivity contribution < 1.29 is 23.1 Å². The summed E-state index contributed by atoms with van der Waals surface area (Å²) in [4.78, 5) is 21.5. The zero-order chi connectivity index (χ0) is 25.8. The van der Waals surface area contributed by atoms with Crippen LogP contribution in [-0.2, 0) is 14.8 Å². The van der Waals surface area contributed by atoms with Crippen molar-refractivity contribution in [2.24, 2.45) is 4.99 Å². The number of hydrogen-bond acceptors (Lipinski definition) is 7. The number of carbonyl (C=O) groups excluding carboxylic acids is 1. The molecule has 2 N–H and O–H groups in total. The van der Waals surface area contributed by atoms with Crippen LogP contribution in [0.5, 0.6) is 5.88 Å². The van der Waals surface area contributed by atoms with E-state index in [1.807, 2.05) is 25.9 Å². The van der Waals surface area contributed by atoms with Gasteiger partial charge >= 0.3 is 5.97 Å². The van der Waals surface area contributed by atoms with Crippen LogP contribution in [0.2, 0.25) is 0 Å². The molecule has 3 aromatic rings. The molecule has 0 amide bonds. The minimum absolute atomic E-state index is 0.0298. The van der Waals surface area contributed by atoms with Gasteiger partial charge in [0.15, 0.2) is 5.88 Å². The SMILES string of the molecule is CCCC(=Nc1ccc(N(CCN(C)C)S(C)(=O)=O)cc1)c1c(O)[nH]c2cc(C(=O)OC)ccc12. The maximum atomic E-state index is 12.3. The Balaban J connectivity index is 1.99. The van der Waals surface area contributed by atoms with Crippen LogP contribution in [0.3, 0.4) is 0 Å². The van der Waals surface area contributed by atoms with E-state index in [4.69, 9.17) is 9.73 Å². The lowest BCUT2D eigenvalue weighted by molar-refractivity contribution is 0.0601. The van der Waals surface area contributed by atoms with Crippen LogP contribution in [0, 0.1) is 0 Å². The lowest BCUT2D eigenvalue weighted by atomic mass is 10.0. The summed E-state index contributed by atoms with van der Waals surface area (Å²) >= 11 is 0. The van der Waals surface area contributed by atoms with E-state index in [1.54, 1.807) is 42.5 Å². The van der Waals surface area contributed by atoms with Crippen molar-refractivity contribution in [2.45, 2.75) is 19.8 Å². The number of methoxy groups -OCH3 is 1. The van der Waals surface area contributed by atoms with Gasteiger partial charge in [-0.05, 0) is 56.9 Å². The van der Waals surface area contributed by atoms with Gasteiger partial charge in [0.2, 0.25) is 10.0 Å². The number of aromatic nitrogens is 1. The first kappa shape index (κ1) is 26.2. The fraction of sp³-hybridized carbons (Fsp3) is 0.360. The highest BCUT2D eigenvalue weighted by molar-refractivity contribution is 7.92. The molecule has 3 rings (SSSR count). The Bertz CT molecular complexity index is 1330. The number of carbonyl (C=O) groups is 1. The molecule has 0 aliphatic heterocycles. The predicted octanol–water partition coefficient (Wildman–Crippen LogP) is 3.91. The molecular weight excluding hydrogens is 468 g/mol. The molecular formula is C25H32N4O5S. The standard InChI is InChI=1S/C25H32N4O5S/c1-6-7-21(23-20-13-8-17(25(31)34-4)16-22(20)27-24(23)30)26-18-9-11-19(12-10-18)29(35(5,32)33)15-14-28(2)3/h8-13,16,27,30H,6-7,14-15H2,1-5H3. The number of anilines is 1. The van der Waals surface area contributed by atoms with Gasteiger partial charge in [0.25, 0.3) is 0 Å². The molecule has 10 heteroatoms. The molecule has 0 saturated carbocycles. The van der Waals surface area contributed by atoms with Gasteiger partial charge in [-0.2, -0.15) is 0 Å². The van der Waals surface area contributed by atoms with E-state index < -0.39 is 16.0 Å². The van der Waals surface area contributed by atoms with Crippen LogP contribution in [0.1, 0.15) is 35.7 Å². The first-order valence-corrected chi connectivity index (χ1v) is 13.1. The molecule has 2 aromatic carbocycles. The lowest BCUT2D eigenvalue weighted by Gasteiger charge is -2.24. The second kappa shape index (κ2) is 10.9. The van der Waals surface area contributed by atoms with Gasteiger partial charge in [-0.15, -0.1) is 0 Å². The van der Waals surface area contributed by atoms with Crippen LogP contribution < -0.4 is 4.31 Å². The summed E-state index contributed by atoms with van der Waals surface area (Å²) in [6.07, 6.45) is 2.61. The maximum Gasteiger partial charge on any atom is 0.337 e. The summed E-state index contributed by atoms with van der Waals surface area (Å²) in [6.45, 7) is 2.95. The Labute approximate surface area is 206 Å². The van der Waals surface area contributed by atoms with Gasteiger partial charge in [-0.25, -0.2) is 13.2 Å². The fourth-order valence-electron chi connectivity index (χ4n) is 3.82. The highest BCUT2D eigenvalue weighted by atomic mass is 32.2. The number of hydrogen-bond donors (Lipinski definition) is 2. The van der Waals surface area contributed by atoms with E-state index in [0.29, 0.717) is 53.2 Å². The molecule has 9 nitrogen and oxygen atoms in total. The molecule has 0 bridgehead atoms. The monoisotopic (exact) mass is 500 g/mol. The van der Waals surface area contributed by atoms with E-state index in [2.05, 4.69) is 4.98 Å². The molecule has 188 valence electrons. The van der Waals surface area contributed by atoms with Crippen LogP contribution >= 0.6 is 0 Å². The number of aromatic hydroxyl groups is 1. The second-order valence-electron chi connectivity index (χ2n) is 8.56. The van der Waals surface area contributed by atoms with Gasteiger partial charge in [-0.3, -0.25) is 9.30 Å². The molecule has 0 fully saturated rings. The lowest BCUT2D eigenvalue weighted by Crippen LogP contribution is -2.35. The van der Waals surface area contributed by atoms with Gasteiger partial charge in [-0.1, -0.05) is 19.4 Å². The predicted molar refractivity (Wildman–Crippen MR) is 140 cm³/mol. The summed E-state index contributed by atoms with van der Waals surface area (Å²) in [7, 11) is 1.67. The number of ether oxygens (including phenoxy) is 1. The third-order valence-corrected chi connectivity index (χ3v) is 6.72. The van der Waals surface area contributed by atoms with Crippen molar-refractivity contribution in [3.05, 3.63) is 53.6 Å². The Morgan fingerprint density at radius 3 is 2.37 bits per heavy atom. The number of aliphatic imine (C=N–C) groups is 1. The number of benzene rings is 2. The Kier molecular flexibility index (Phi) is 8.18. The van der Waals surface area contributed by atoms with Gasteiger partial charge in [0.05, 0.1) is 41.6 Å². The number of esters is 1. The Hall–Kier alpha value is -3.37. The molecule has 0 aliphatic rings. The first-order chi connectivity index (χ1) is 16.5. The molecule has 0 atom stereocenters. The van der Waals surface area contributed by atoms with Gasteiger partial charge < -0.3 is 19.7 Å². The average molecular weight is 501 g/mol. The van der Waals surface area contributed by atoms with Crippen molar-refractivity contribution in [1.82, 2.24) is 9.88 Å². The third-order valence-electron chi connectivity index (χ3n) is 5.53. The number of nitrogens with one attached hydrogen (secondary N) is 1. The Morgan fingerprint density at radius 1 is 1.11 bits per heavy atom. The molecule has 1 aromatic heterocycles. The van der Waals surface area contributed by atoms with Crippen LogP contribution in [0.15, 0.2) is 47.5 Å². The Morgan fingerprint density at radius 2 is 1.80 bits per heavy atom. The van der Waals surface area contributed by atoms with Crippen molar-refractivity contribution in [3.8, 4) is 5.88 Å².